The van der Waals surface area contributed by atoms with Gasteiger partial charge in [-0.15, -0.1) is 6.58 Å². The van der Waals surface area contributed by atoms with Gasteiger partial charge >= 0.3 is 23.9 Å². The third-order valence-electron chi connectivity index (χ3n) is 7.94. The van der Waals surface area contributed by atoms with Gasteiger partial charge in [0.2, 0.25) is 0 Å². The molecule has 48 heavy (non-hydrogen) atoms. The van der Waals surface area contributed by atoms with E-state index in [1.807, 2.05) is 97.1 Å². The summed E-state index contributed by atoms with van der Waals surface area (Å²) in [5.74, 6) is -7.45. The first kappa shape index (κ1) is 35.4. The summed E-state index contributed by atoms with van der Waals surface area (Å²) in [6, 6.07) is 36.4. The predicted octanol–water partition coefficient (Wildman–Crippen LogP) is 7.02. The summed E-state index contributed by atoms with van der Waals surface area (Å²) >= 11 is 0. The van der Waals surface area contributed by atoms with Gasteiger partial charge < -0.3 is 18.9 Å². The molecule has 0 fully saturated rings. The van der Waals surface area contributed by atoms with Crippen LogP contribution in [-0.2, 0) is 64.6 Å². The van der Waals surface area contributed by atoms with Crippen LogP contribution >= 0.6 is 0 Å². The lowest BCUT2D eigenvalue weighted by molar-refractivity contribution is -0.167. The van der Waals surface area contributed by atoms with Crippen LogP contribution in [0.3, 0.4) is 0 Å². The van der Waals surface area contributed by atoms with Crippen molar-refractivity contribution in [3.05, 3.63) is 156 Å². The van der Waals surface area contributed by atoms with Crippen LogP contribution in [0.1, 0.15) is 35.6 Å². The number of ether oxygens (including phenoxy) is 4. The molecule has 0 bridgehead atoms. The van der Waals surface area contributed by atoms with Gasteiger partial charge in [0, 0.05) is 0 Å². The second kappa shape index (κ2) is 18.6. The second-order valence-electron chi connectivity index (χ2n) is 11.4. The molecule has 4 aromatic carbocycles. The van der Waals surface area contributed by atoms with E-state index in [9.17, 15) is 19.2 Å². The standard InChI is InChI=1S/C40H40O8/c1-3-34(38(42)46-26-31-18-10-5-11-19-31)36(40(44)48-28-33-22-14-7-15-23-33)24-35(39(43)47-27-32-20-12-6-13-21-32)29(2)37(41)45-25-30-16-8-4-9-17-30/h3-23,29,34-36H,1,24-28H2,2H3. The fourth-order valence-electron chi connectivity index (χ4n) is 5.11. The molecule has 0 aliphatic heterocycles. The van der Waals surface area contributed by atoms with E-state index < -0.39 is 47.5 Å². The van der Waals surface area contributed by atoms with Crippen molar-refractivity contribution in [2.45, 2.75) is 39.8 Å². The van der Waals surface area contributed by atoms with Crippen molar-refractivity contribution in [2.24, 2.45) is 23.7 Å². The van der Waals surface area contributed by atoms with E-state index >= 15 is 0 Å². The summed E-state index contributed by atoms with van der Waals surface area (Å²) in [6.07, 6.45) is 1.05. The van der Waals surface area contributed by atoms with Crippen LogP contribution in [0.5, 0.6) is 0 Å². The van der Waals surface area contributed by atoms with Crippen molar-refractivity contribution in [2.75, 3.05) is 0 Å². The first-order chi connectivity index (χ1) is 23.4. The van der Waals surface area contributed by atoms with Gasteiger partial charge in [-0.3, -0.25) is 19.2 Å². The number of carbonyl (C=O) groups is 4. The lowest BCUT2D eigenvalue weighted by Crippen LogP contribution is -2.38. The normalized spacial score (nSPS) is 13.2. The zero-order valence-electron chi connectivity index (χ0n) is 26.9. The lowest BCUT2D eigenvalue weighted by atomic mass is 9.79. The van der Waals surface area contributed by atoms with E-state index in [1.54, 1.807) is 31.2 Å². The zero-order valence-corrected chi connectivity index (χ0v) is 26.9. The van der Waals surface area contributed by atoms with E-state index in [2.05, 4.69) is 6.58 Å². The molecule has 248 valence electrons. The minimum absolute atomic E-state index is 0.000559. The average Bonchev–Trinajstić information content (AvgIpc) is 3.14. The Morgan fingerprint density at radius 1 is 0.500 bits per heavy atom. The highest BCUT2D eigenvalue weighted by Gasteiger charge is 2.42. The molecule has 8 nitrogen and oxygen atoms in total. The summed E-state index contributed by atoms with van der Waals surface area (Å²) in [7, 11) is 0. The summed E-state index contributed by atoms with van der Waals surface area (Å²) in [6.45, 7) is 5.23. The van der Waals surface area contributed by atoms with Crippen LogP contribution in [0, 0.1) is 23.7 Å². The monoisotopic (exact) mass is 648 g/mol. The molecule has 0 heterocycles. The molecule has 4 aromatic rings. The van der Waals surface area contributed by atoms with Gasteiger partial charge in [0.05, 0.1) is 23.7 Å². The Hall–Kier alpha value is -5.50. The van der Waals surface area contributed by atoms with E-state index in [4.69, 9.17) is 18.9 Å². The van der Waals surface area contributed by atoms with Gasteiger partial charge in [0.1, 0.15) is 26.4 Å². The molecule has 0 N–H and O–H groups in total. The van der Waals surface area contributed by atoms with Gasteiger partial charge in [-0.25, -0.2) is 0 Å². The maximum absolute atomic E-state index is 13.8. The maximum Gasteiger partial charge on any atom is 0.313 e. The van der Waals surface area contributed by atoms with Crippen molar-refractivity contribution in [1.29, 1.82) is 0 Å². The first-order valence-electron chi connectivity index (χ1n) is 15.8. The molecule has 0 spiro atoms. The molecular weight excluding hydrogens is 608 g/mol. The van der Waals surface area contributed by atoms with Crippen molar-refractivity contribution in [1.82, 2.24) is 0 Å². The first-order valence-corrected chi connectivity index (χ1v) is 15.8. The molecule has 0 aliphatic carbocycles. The number of hydrogen-bond acceptors (Lipinski definition) is 8. The zero-order chi connectivity index (χ0) is 34.1. The molecule has 8 heteroatoms. The topological polar surface area (TPSA) is 105 Å². The molecule has 0 saturated heterocycles. The molecule has 0 saturated carbocycles. The van der Waals surface area contributed by atoms with Crippen LogP contribution in [0.2, 0.25) is 0 Å². The van der Waals surface area contributed by atoms with Crippen LogP contribution in [0.25, 0.3) is 0 Å². The molecule has 0 radical (unpaired) electrons. The smallest absolute Gasteiger partial charge is 0.313 e. The number of esters is 4. The lowest BCUT2D eigenvalue weighted by Gasteiger charge is -2.28. The molecule has 0 aromatic heterocycles. The highest BCUT2D eigenvalue weighted by molar-refractivity contribution is 5.86. The summed E-state index contributed by atoms with van der Waals surface area (Å²) in [5, 5.41) is 0. The number of carbonyl (C=O) groups excluding carboxylic acids is 4. The van der Waals surface area contributed by atoms with E-state index in [1.165, 1.54) is 6.08 Å². The molecule has 4 unspecified atom stereocenters. The quantitative estimate of drug-likeness (QED) is 0.0684. The number of benzene rings is 4. The Morgan fingerprint density at radius 3 is 1.17 bits per heavy atom. The Morgan fingerprint density at radius 2 is 0.812 bits per heavy atom. The Balaban J connectivity index is 1.59. The third kappa shape index (κ3) is 10.8. The minimum atomic E-state index is -1.23. The molecule has 4 atom stereocenters. The predicted molar refractivity (Wildman–Crippen MR) is 179 cm³/mol. The van der Waals surface area contributed by atoms with Crippen molar-refractivity contribution < 1.29 is 38.1 Å². The fourth-order valence-corrected chi connectivity index (χ4v) is 5.11. The SMILES string of the molecule is C=CC(C(=O)OCc1ccccc1)C(CC(C(=O)OCc1ccccc1)C(C)C(=O)OCc1ccccc1)C(=O)OCc1ccccc1. The third-order valence-corrected chi connectivity index (χ3v) is 7.94. The Labute approximate surface area is 281 Å². The molecule has 4 rings (SSSR count). The van der Waals surface area contributed by atoms with Gasteiger partial charge in [-0.05, 0) is 28.7 Å². The van der Waals surface area contributed by atoms with Crippen LogP contribution < -0.4 is 0 Å². The fraction of sp³-hybridized carbons (Fsp3) is 0.250. The summed E-state index contributed by atoms with van der Waals surface area (Å²) < 4.78 is 22.5. The van der Waals surface area contributed by atoms with Crippen molar-refractivity contribution in [3.8, 4) is 0 Å². The Kier molecular flexibility index (Phi) is 13.7. The molecule has 0 aliphatic rings. The van der Waals surface area contributed by atoms with Gasteiger partial charge in [0.15, 0.2) is 0 Å². The Bertz CT molecular complexity index is 1610. The minimum Gasteiger partial charge on any atom is -0.461 e. The number of hydrogen-bond donors (Lipinski definition) is 0. The highest BCUT2D eigenvalue weighted by atomic mass is 16.5. The van der Waals surface area contributed by atoms with Crippen LogP contribution in [-0.4, -0.2) is 23.9 Å². The van der Waals surface area contributed by atoms with Gasteiger partial charge in [-0.2, -0.15) is 0 Å². The van der Waals surface area contributed by atoms with Gasteiger partial charge in [0.25, 0.3) is 0 Å². The average molecular weight is 649 g/mol. The van der Waals surface area contributed by atoms with Crippen LogP contribution in [0.4, 0.5) is 0 Å². The maximum atomic E-state index is 13.8. The van der Waals surface area contributed by atoms with Gasteiger partial charge in [-0.1, -0.05) is 134 Å². The summed E-state index contributed by atoms with van der Waals surface area (Å²) in [5.41, 5.74) is 3.02. The number of rotatable bonds is 17. The van der Waals surface area contributed by atoms with E-state index in [-0.39, 0.29) is 32.8 Å². The van der Waals surface area contributed by atoms with E-state index in [0.29, 0.717) is 0 Å². The largest absolute Gasteiger partial charge is 0.461 e. The van der Waals surface area contributed by atoms with Crippen molar-refractivity contribution >= 4 is 23.9 Å². The molecule has 0 amide bonds. The molecular formula is C40H40O8. The second-order valence-corrected chi connectivity index (χ2v) is 11.4. The van der Waals surface area contributed by atoms with Crippen LogP contribution in [0.15, 0.2) is 134 Å². The highest BCUT2D eigenvalue weighted by Crippen LogP contribution is 2.31. The van der Waals surface area contributed by atoms with E-state index in [0.717, 1.165) is 22.3 Å². The summed E-state index contributed by atoms with van der Waals surface area (Å²) in [4.78, 5) is 54.4. The van der Waals surface area contributed by atoms with Crippen molar-refractivity contribution in [3.63, 3.8) is 0 Å².